The van der Waals surface area contributed by atoms with Crippen molar-refractivity contribution in [3.05, 3.63) is 72.7 Å². The van der Waals surface area contributed by atoms with Gasteiger partial charge in [0.15, 0.2) is 5.76 Å². The lowest BCUT2D eigenvalue weighted by Gasteiger charge is -2.18. The second-order valence-electron chi connectivity index (χ2n) is 8.20. The van der Waals surface area contributed by atoms with Gasteiger partial charge in [0.25, 0.3) is 5.91 Å². The van der Waals surface area contributed by atoms with Gasteiger partial charge < -0.3 is 25.7 Å². The second kappa shape index (κ2) is 9.82. The van der Waals surface area contributed by atoms with E-state index in [0.29, 0.717) is 22.7 Å². The maximum Gasteiger partial charge on any atom is 0.291 e. The van der Waals surface area contributed by atoms with Crippen molar-refractivity contribution in [2.75, 3.05) is 27.8 Å². The lowest BCUT2D eigenvalue weighted by molar-refractivity contribution is -0.123. The van der Waals surface area contributed by atoms with Crippen LogP contribution < -0.4 is 21.3 Å². The van der Waals surface area contributed by atoms with Crippen LogP contribution in [0, 0.1) is 5.41 Å². The third-order valence-electron chi connectivity index (χ3n) is 4.40. The highest BCUT2D eigenvalue weighted by Crippen LogP contribution is 2.20. The highest BCUT2D eigenvalue weighted by Gasteiger charge is 2.21. The molecule has 0 aliphatic heterocycles. The van der Waals surface area contributed by atoms with Crippen molar-refractivity contribution < 1.29 is 18.8 Å². The minimum Gasteiger partial charge on any atom is -0.459 e. The number of hydrogen-bond acceptors (Lipinski definition) is 5. The summed E-state index contributed by atoms with van der Waals surface area (Å²) in [6.07, 6.45) is 1.43. The number of nitrogens with one attached hydrogen (secondary N) is 4. The zero-order chi connectivity index (χ0) is 23.1. The van der Waals surface area contributed by atoms with Crippen molar-refractivity contribution in [3.8, 4) is 0 Å². The summed E-state index contributed by atoms with van der Waals surface area (Å²) in [6.45, 7) is 5.51. The number of benzene rings is 2. The van der Waals surface area contributed by atoms with Crippen LogP contribution >= 0.6 is 0 Å². The van der Waals surface area contributed by atoms with E-state index in [0.717, 1.165) is 0 Å². The number of carbonyl (C=O) groups excluding carboxylic acids is 3. The molecule has 8 heteroatoms. The monoisotopic (exact) mass is 434 g/mol. The van der Waals surface area contributed by atoms with E-state index in [1.165, 1.54) is 6.26 Å². The molecule has 3 rings (SSSR count). The first-order valence-corrected chi connectivity index (χ1v) is 10.1. The molecule has 0 aliphatic carbocycles. The first-order valence-electron chi connectivity index (χ1n) is 10.1. The zero-order valence-corrected chi connectivity index (χ0v) is 18.2. The molecule has 4 N–H and O–H groups in total. The molecule has 1 heterocycles. The van der Waals surface area contributed by atoms with E-state index in [-0.39, 0.29) is 30.0 Å². The van der Waals surface area contributed by atoms with Crippen molar-refractivity contribution in [2.45, 2.75) is 20.8 Å². The van der Waals surface area contributed by atoms with Crippen LogP contribution in [0.15, 0.2) is 71.3 Å². The molecule has 3 amide bonds. The van der Waals surface area contributed by atoms with Gasteiger partial charge in [-0.3, -0.25) is 14.4 Å². The summed E-state index contributed by atoms with van der Waals surface area (Å²) < 4.78 is 5.08. The van der Waals surface area contributed by atoms with E-state index >= 15 is 0 Å². The molecule has 8 nitrogen and oxygen atoms in total. The predicted molar refractivity (Wildman–Crippen MR) is 125 cm³/mol. The van der Waals surface area contributed by atoms with Crippen molar-refractivity contribution in [3.63, 3.8) is 0 Å². The highest BCUT2D eigenvalue weighted by molar-refractivity contribution is 6.02. The molecule has 166 valence electrons. The molecule has 0 radical (unpaired) electrons. The van der Waals surface area contributed by atoms with Crippen LogP contribution in [0.3, 0.4) is 0 Å². The molecular formula is C24H26N4O4. The number of amides is 3. The van der Waals surface area contributed by atoms with Gasteiger partial charge in [0, 0.05) is 28.2 Å². The molecule has 2 aromatic carbocycles. The van der Waals surface area contributed by atoms with Gasteiger partial charge in [-0.15, -0.1) is 0 Å². The van der Waals surface area contributed by atoms with E-state index in [9.17, 15) is 14.4 Å². The van der Waals surface area contributed by atoms with Crippen molar-refractivity contribution >= 4 is 40.5 Å². The Morgan fingerprint density at radius 3 is 2.00 bits per heavy atom. The van der Waals surface area contributed by atoms with Crippen LogP contribution in [0.25, 0.3) is 0 Å². The Kier molecular flexibility index (Phi) is 6.94. The zero-order valence-electron chi connectivity index (χ0n) is 18.2. The summed E-state index contributed by atoms with van der Waals surface area (Å²) >= 11 is 0. The van der Waals surface area contributed by atoms with E-state index in [1.807, 2.05) is 20.8 Å². The predicted octanol–water partition coefficient (Wildman–Crippen LogP) is 4.57. The van der Waals surface area contributed by atoms with Crippen LogP contribution in [0.5, 0.6) is 0 Å². The molecule has 0 aliphatic rings. The number of rotatable bonds is 7. The smallest absolute Gasteiger partial charge is 0.291 e. The van der Waals surface area contributed by atoms with Crippen LogP contribution in [-0.2, 0) is 9.59 Å². The molecule has 0 unspecified atom stereocenters. The van der Waals surface area contributed by atoms with Gasteiger partial charge in [0.05, 0.1) is 12.8 Å². The first-order chi connectivity index (χ1) is 15.2. The lowest BCUT2D eigenvalue weighted by atomic mass is 9.95. The summed E-state index contributed by atoms with van der Waals surface area (Å²) in [4.78, 5) is 36.6. The fraction of sp³-hybridized carbons (Fsp3) is 0.208. The van der Waals surface area contributed by atoms with Crippen LogP contribution in [0.1, 0.15) is 31.3 Å². The molecule has 3 aromatic rings. The fourth-order valence-electron chi connectivity index (χ4n) is 2.69. The van der Waals surface area contributed by atoms with Gasteiger partial charge in [-0.1, -0.05) is 32.9 Å². The van der Waals surface area contributed by atoms with Crippen LogP contribution in [0.4, 0.5) is 22.7 Å². The lowest BCUT2D eigenvalue weighted by Crippen LogP contribution is -2.27. The Balaban J connectivity index is 1.53. The summed E-state index contributed by atoms with van der Waals surface area (Å²) in [7, 11) is 0. The van der Waals surface area contributed by atoms with Crippen molar-refractivity contribution in [1.82, 2.24) is 0 Å². The Morgan fingerprint density at radius 1 is 0.781 bits per heavy atom. The minimum absolute atomic E-state index is 0.0220. The number of carbonyl (C=O) groups is 3. The summed E-state index contributed by atoms with van der Waals surface area (Å²) in [5.74, 6) is -0.511. The minimum atomic E-state index is -0.519. The van der Waals surface area contributed by atoms with E-state index in [4.69, 9.17) is 4.42 Å². The Bertz CT molecular complexity index is 1100. The average Bonchev–Trinajstić information content (AvgIpc) is 3.27. The molecule has 1 aromatic heterocycles. The molecule has 0 saturated carbocycles. The van der Waals surface area contributed by atoms with Gasteiger partial charge in [-0.05, 0) is 48.5 Å². The quantitative estimate of drug-likeness (QED) is 0.435. The third kappa shape index (κ3) is 6.46. The molecule has 0 spiro atoms. The summed E-state index contributed by atoms with van der Waals surface area (Å²) in [6, 6.07) is 17.2. The number of anilines is 4. The van der Waals surface area contributed by atoms with Gasteiger partial charge >= 0.3 is 0 Å². The SMILES string of the molecule is CC(C)(C)C(=O)Nc1cccc(NC(=O)CNc2cccc(NC(=O)c3ccco3)c2)c1. The number of furan rings is 1. The maximum atomic E-state index is 12.4. The summed E-state index contributed by atoms with van der Waals surface area (Å²) in [5.41, 5.74) is 1.90. The Hall–Kier alpha value is -4.07. The molecule has 32 heavy (non-hydrogen) atoms. The molecule has 0 bridgehead atoms. The second-order valence-corrected chi connectivity index (χ2v) is 8.20. The first kappa shape index (κ1) is 22.6. The van der Waals surface area contributed by atoms with E-state index < -0.39 is 5.41 Å². The number of hydrogen-bond donors (Lipinski definition) is 4. The van der Waals surface area contributed by atoms with E-state index in [2.05, 4.69) is 21.3 Å². The van der Waals surface area contributed by atoms with Gasteiger partial charge in [-0.2, -0.15) is 0 Å². The largest absolute Gasteiger partial charge is 0.459 e. The standard InChI is InChI=1S/C24H26N4O4/c1-24(2,3)23(31)28-19-10-5-8-17(14-19)26-21(29)15-25-16-7-4-9-18(13-16)27-22(30)20-11-6-12-32-20/h4-14,25H,15H2,1-3H3,(H,26,29)(H,27,30)(H,28,31). The molecule has 0 saturated heterocycles. The molecule has 0 atom stereocenters. The fourth-order valence-corrected chi connectivity index (χ4v) is 2.69. The Labute approximate surface area is 186 Å². The van der Waals surface area contributed by atoms with Gasteiger partial charge in [0.2, 0.25) is 11.8 Å². The van der Waals surface area contributed by atoms with Gasteiger partial charge in [0.1, 0.15) is 0 Å². The van der Waals surface area contributed by atoms with Crippen molar-refractivity contribution in [2.24, 2.45) is 5.41 Å². The topological polar surface area (TPSA) is 112 Å². The summed E-state index contributed by atoms with van der Waals surface area (Å²) in [5, 5.41) is 11.4. The van der Waals surface area contributed by atoms with Crippen molar-refractivity contribution in [1.29, 1.82) is 0 Å². The third-order valence-corrected chi connectivity index (χ3v) is 4.40. The normalized spacial score (nSPS) is 10.8. The highest BCUT2D eigenvalue weighted by atomic mass is 16.3. The van der Waals surface area contributed by atoms with Gasteiger partial charge in [-0.25, -0.2) is 0 Å². The average molecular weight is 434 g/mol. The van der Waals surface area contributed by atoms with Crippen LogP contribution in [-0.4, -0.2) is 24.3 Å². The Morgan fingerprint density at radius 2 is 1.38 bits per heavy atom. The van der Waals surface area contributed by atoms with E-state index in [1.54, 1.807) is 60.7 Å². The molecule has 0 fully saturated rings. The molecular weight excluding hydrogens is 408 g/mol. The maximum absolute atomic E-state index is 12.4. The van der Waals surface area contributed by atoms with Crippen LogP contribution in [0.2, 0.25) is 0 Å².